The lowest BCUT2D eigenvalue weighted by Gasteiger charge is -2.54. The Kier molecular flexibility index (Phi) is 10.3. The molecule has 13 nitrogen and oxygen atoms in total. The highest BCUT2D eigenvalue weighted by atomic mass is 16.7. The number of ether oxygens (including phenoxy) is 3. The number of nitrogens with two attached hydrogens (primary N) is 1. The number of ketones is 2. The molecule has 13 heteroatoms. The van der Waals surface area contributed by atoms with Gasteiger partial charge in [0.15, 0.2) is 6.29 Å². The van der Waals surface area contributed by atoms with Crippen LogP contribution in [0.3, 0.4) is 0 Å². The summed E-state index contributed by atoms with van der Waals surface area (Å²) in [7, 11) is 1.45. The van der Waals surface area contributed by atoms with Crippen LogP contribution in [0.5, 0.6) is 0 Å². The van der Waals surface area contributed by atoms with E-state index in [4.69, 9.17) is 19.9 Å². The summed E-state index contributed by atoms with van der Waals surface area (Å²) in [5.74, 6) is -4.48. The van der Waals surface area contributed by atoms with Gasteiger partial charge in [0.2, 0.25) is 0 Å². The summed E-state index contributed by atoms with van der Waals surface area (Å²) in [6.45, 7) is 1.61. The van der Waals surface area contributed by atoms with E-state index in [1.807, 2.05) is 6.92 Å². The molecule has 0 aromatic rings. The van der Waals surface area contributed by atoms with Gasteiger partial charge in [-0.15, -0.1) is 0 Å². The Balaban J connectivity index is 1.37. The SMILES string of the molecule is COC1CC(OC2OC(CO)C(O)(CCC3CCNC(N)C3)C(O)C2O)C2C(=O)C3C(O)CC(C)CC3C(=O)C2C1CO. The van der Waals surface area contributed by atoms with Crippen LogP contribution in [0, 0.1) is 41.4 Å². The monoisotopic (exact) mass is 614 g/mol. The topological polar surface area (TPSA) is 221 Å². The van der Waals surface area contributed by atoms with E-state index in [0.29, 0.717) is 25.7 Å². The Morgan fingerprint density at radius 2 is 1.74 bits per heavy atom. The Hall–Kier alpha value is -1.10. The Labute approximate surface area is 252 Å². The van der Waals surface area contributed by atoms with Crippen molar-refractivity contribution in [2.45, 2.75) is 107 Å². The second-order valence-electron chi connectivity index (χ2n) is 13.8. The number of carbonyl (C=O) groups is 2. The molecule has 16 unspecified atom stereocenters. The number of rotatable bonds is 8. The van der Waals surface area contributed by atoms with Gasteiger partial charge in [-0.05, 0) is 56.9 Å². The minimum atomic E-state index is -1.97. The molecular formula is C30H50N2O11. The predicted octanol–water partition coefficient (Wildman–Crippen LogP) is -1.96. The van der Waals surface area contributed by atoms with Crippen molar-refractivity contribution < 1.29 is 54.4 Å². The minimum absolute atomic E-state index is 0.0466. The van der Waals surface area contributed by atoms with E-state index in [1.54, 1.807) is 0 Å². The minimum Gasteiger partial charge on any atom is -0.396 e. The number of aliphatic hydroxyl groups is 6. The van der Waals surface area contributed by atoms with E-state index in [9.17, 15) is 40.2 Å². The average molecular weight is 615 g/mol. The first-order chi connectivity index (χ1) is 20.4. The molecule has 2 heterocycles. The molecule has 3 saturated carbocycles. The molecule has 0 radical (unpaired) electrons. The van der Waals surface area contributed by atoms with E-state index in [2.05, 4.69) is 5.32 Å². The first-order valence-corrected chi connectivity index (χ1v) is 15.8. The van der Waals surface area contributed by atoms with E-state index in [0.717, 1.165) is 13.0 Å². The number of aliphatic hydroxyl groups excluding tert-OH is 5. The van der Waals surface area contributed by atoms with Gasteiger partial charge in [0.05, 0.1) is 42.9 Å². The van der Waals surface area contributed by atoms with Crippen molar-refractivity contribution in [3.05, 3.63) is 0 Å². The van der Waals surface area contributed by atoms with E-state index < -0.39 is 84.7 Å². The summed E-state index contributed by atoms with van der Waals surface area (Å²) in [6, 6.07) is 0. The van der Waals surface area contributed by atoms with E-state index in [1.165, 1.54) is 7.11 Å². The molecule has 0 aromatic heterocycles. The van der Waals surface area contributed by atoms with Crippen LogP contribution < -0.4 is 11.1 Å². The van der Waals surface area contributed by atoms with Crippen molar-refractivity contribution in [1.82, 2.24) is 5.32 Å². The molecule has 9 N–H and O–H groups in total. The lowest BCUT2D eigenvalue weighted by Crippen LogP contribution is -2.69. The highest BCUT2D eigenvalue weighted by molar-refractivity contribution is 6.00. The predicted molar refractivity (Wildman–Crippen MR) is 150 cm³/mol. The first-order valence-electron chi connectivity index (χ1n) is 15.8. The number of fused-ring (bicyclic) bond motifs is 2. The maximum absolute atomic E-state index is 14.0. The zero-order valence-electron chi connectivity index (χ0n) is 25.0. The normalized spacial score (nSPS) is 50.7. The molecule has 5 rings (SSSR count). The molecule has 0 spiro atoms. The summed E-state index contributed by atoms with van der Waals surface area (Å²) < 4.78 is 17.7. The molecular weight excluding hydrogens is 564 g/mol. The van der Waals surface area contributed by atoms with Gasteiger partial charge >= 0.3 is 0 Å². The molecule has 0 aromatic carbocycles. The lowest BCUT2D eigenvalue weighted by atomic mass is 9.53. The summed E-state index contributed by atoms with van der Waals surface area (Å²) in [4.78, 5) is 28.0. The highest BCUT2D eigenvalue weighted by Gasteiger charge is 2.62. The third kappa shape index (κ3) is 6.08. The van der Waals surface area contributed by atoms with Crippen LogP contribution >= 0.6 is 0 Å². The molecule has 0 amide bonds. The molecule has 2 saturated heterocycles. The van der Waals surface area contributed by atoms with Crippen molar-refractivity contribution in [3.8, 4) is 0 Å². The second-order valence-corrected chi connectivity index (χ2v) is 13.8. The van der Waals surface area contributed by atoms with Crippen molar-refractivity contribution in [3.63, 3.8) is 0 Å². The van der Waals surface area contributed by atoms with Crippen molar-refractivity contribution in [1.29, 1.82) is 0 Å². The lowest BCUT2D eigenvalue weighted by molar-refractivity contribution is -0.347. The van der Waals surface area contributed by atoms with Crippen LogP contribution in [-0.2, 0) is 23.8 Å². The van der Waals surface area contributed by atoms with Crippen LogP contribution in [0.15, 0.2) is 0 Å². The van der Waals surface area contributed by atoms with Gasteiger partial charge < -0.3 is 55.9 Å². The molecule has 5 fully saturated rings. The fourth-order valence-corrected chi connectivity index (χ4v) is 8.84. The summed E-state index contributed by atoms with van der Waals surface area (Å²) in [5, 5.41) is 68.4. The van der Waals surface area contributed by atoms with Gasteiger partial charge in [0, 0.05) is 37.9 Å². The Morgan fingerprint density at radius 3 is 2.40 bits per heavy atom. The van der Waals surface area contributed by atoms with Crippen LogP contribution in [-0.4, -0.2) is 124 Å². The zero-order chi connectivity index (χ0) is 31.2. The quantitative estimate of drug-likeness (QED) is 0.149. The standard InChI is InChI=1S/C30H50N2O11/c1-13-7-15-22(17(35)8-13)26(37)24-19(10-18(41-2)16(11-33)23(24)25(15)36)42-29-27(38)28(39)30(40,20(12-34)43-29)5-3-14-4-6-32-21(31)9-14/h13-24,27-29,32-35,38-40H,3-12,31H2,1-2H3. The van der Waals surface area contributed by atoms with Crippen molar-refractivity contribution in [2.75, 3.05) is 26.9 Å². The van der Waals surface area contributed by atoms with Gasteiger partial charge in [-0.2, -0.15) is 0 Å². The molecule has 246 valence electrons. The summed E-state index contributed by atoms with van der Waals surface area (Å²) >= 11 is 0. The maximum Gasteiger partial charge on any atom is 0.187 e. The third-order valence-electron chi connectivity index (χ3n) is 11.1. The Bertz CT molecular complexity index is 999. The van der Waals surface area contributed by atoms with Crippen molar-refractivity contribution >= 4 is 11.6 Å². The molecule has 2 aliphatic heterocycles. The fraction of sp³-hybridized carbons (Fsp3) is 0.933. The summed E-state index contributed by atoms with van der Waals surface area (Å²) in [6.07, 6.45) is -6.13. The number of piperidine rings is 1. The van der Waals surface area contributed by atoms with E-state index in [-0.39, 0.29) is 49.0 Å². The summed E-state index contributed by atoms with van der Waals surface area (Å²) in [5.41, 5.74) is 4.03. The number of hydrogen-bond acceptors (Lipinski definition) is 13. The molecule has 5 aliphatic rings. The smallest absolute Gasteiger partial charge is 0.187 e. The molecule has 16 atom stereocenters. The van der Waals surface area contributed by atoms with Crippen molar-refractivity contribution in [2.24, 2.45) is 47.2 Å². The first kappa shape index (κ1) is 33.3. The average Bonchev–Trinajstić information content (AvgIpc) is 2.98. The fourth-order valence-electron chi connectivity index (χ4n) is 8.84. The number of Topliss-reactive ketones (excluding diaryl/α,β-unsaturated/α-hetero) is 2. The third-order valence-corrected chi connectivity index (χ3v) is 11.1. The number of hydrogen-bond donors (Lipinski definition) is 8. The largest absolute Gasteiger partial charge is 0.396 e. The van der Waals surface area contributed by atoms with Gasteiger partial charge in [0.1, 0.15) is 35.5 Å². The van der Waals surface area contributed by atoms with Gasteiger partial charge in [-0.1, -0.05) is 6.92 Å². The van der Waals surface area contributed by atoms with Gasteiger partial charge in [0.25, 0.3) is 0 Å². The maximum atomic E-state index is 14.0. The highest BCUT2D eigenvalue weighted by Crippen LogP contribution is 2.51. The van der Waals surface area contributed by atoms with Gasteiger partial charge in [-0.3, -0.25) is 9.59 Å². The Morgan fingerprint density at radius 1 is 1.00 bits per heavy atom. The molecule has 3 aliphatic carbocycles. The van der Waals surface area contributed by atoms with Gasteiger partial charge in [-0.25, -0.2) is 0 Å². The van der Waals surface area contributed by atoms with Crippen LogP contribution in [0.4, 0.5) is 0 Å². The second kappa shape index (κ2) is 13.3. The number of nitrogens with one attached hydrogen (secondary N) is 1. The molecule has 43 heavy (non-hydrogen) atoms. The van der Waals surface area contributed by atoms with E-state index >= 15 is 0 Å². The van der Waals surface area contributed by atoms with Crippen LogP contribution in [0.1, 0.15) is 51.9 Å². The van der Waals surface area contributed by atoms with Crippen LogP contribution in [0.2, 0.25) is 0 Å². The number of methoxy groups -OCH3 is 1. The molecule has 0 bridgehead atoms. The van der Waals surface area contributed by atoms with Crippen LogP contribution in [0.25, 0.3) is 0 Å². The zero-order valence-corrected chi connectivity index (χ0v) is 25.0. The number of carbonyl (C=O) groups excluding carboxylic acids is 2.